The summed E-state index contributed by atoms with van der Waals surface area (Å²) < 4.78 is 5.42. The van der Waals surface area contributed by atoms with Crippen molar-refractivity contribution in [2.75, 3.05) is 44.3 Å². The van der Waals surface area contributed by atoms with Crippen LogP contribution in [0.3, 0.4) is 0 Å². The second-order valence-corrected chi connectivity index (χ2v) is 9.05. The molecule has 2 aromatic rings. The van der Waals surface area contributed by atoms with Crippen molar-refractivity contribution in [1.82, 2.24) is 10.2 Å². The topological polar surface area (TPSA) is 44.8 Å². The Labute approximate surface area is 186 Å². The third-order valence-electron chi connectivity index (χ3n) is 6.59. The van der Waals surface area contributed by atoms with Crippen LogP contribution < -0.4 is 10.2 Å². The zero-order chi connectivity index (χ0) is 21.6. The molecule has 4 rings (SSSR count). The summed E-state index contributed by atoms with van der Waals surface area (Å²) in [5.74, 6) is 0.809. The van der Waals surface area contributed by atoms with E-state index in [-0.39, 0.29) is 11.9 Å². The molecule has 2 heterocycles. The van der Waals surface area contributed by atoms with Gasteiger partial charge in [0.15, 0.2) is 0 Å². The molecule has 0 aliphatic carbocycles. The predicted octanol–water partition coefficient (Wildman–Crippen LogP) is 4.25. The van der Waals surface area contributed by atoms with Gasteiger partial charge in [0.25, 0.3) is 5.91 Å². The number of nitrogens with zero attached hydrogens (tertiary/aromatic N) is 2. The second-order valence-electron chi connectivity index (χ2n) is 9.05. The monoisotopic (exact) mass is 421 g/mol. The lowest BCUT2D eigenvalue weighted by atomic mass is 9.98. The maximum Gasteiger partial charge on any atom is 0.251 e. The van der Waals surface area contributed by atoms with Crippen LogP contribution in [-0.2, 0) is 11.3 Å². The molecule has 2 aromatic carbocycles. The van der Waals surface area contributed by atoms with Crippen LogP contribution in [-0.4, -0.2) is 50.2 Å². The molecule has 0 radical (unpaired) electrons. The van der Waals surface area contributed by atoms with Crippen molar-refractivity contribution in [2.24, 2.45) is 5.92 Å². The molecule has 0 unspecified atom stereocenters. The first kappa shape index (κ1) is 21.8. The van der Waals surface area contributed by atoms with E-state index in [0.717, 1.165) is 63.0 Å². The molecule has 2 fully saturated rings. The van der Waals surface area contributed by atoms with Gasteiger partial charge in [0.1, 0.15) is 0 Å². The fourth-order valence-electron chi connectivity index (χ4n) is 4.43. The number of anilines is 1. The van der Waals surface area contributed by atoms with Gasteiger partial charge in [-0.05, 0) is 61.1 Å². The highest BCUT2D eigenvalue weighted by atomic mass is 16.5. The van der Waals surface area contributed by atoms with E-state index in [9.17, 15) is 4.79 Å². The summed E-state index contributed by atoms with van der Waals surface area (Å²) in [5.41, 5.74) is 4.30. The van der Waals surface area contributed by atoms with E-state index in [1.165, 1.54) is 24.1 Å². The molecule has 0 saturated carbocycles. The standard InChI is InChI=1S/C26H35N3O2/c1-20-10-12-29(13-11-20)25-8-6-23(7-9-25)21(2)27-26(30)24-5-3-4-22(18-24)19-28-14-16-31-17-15-28/h3-9,18,20-21H,10-17,19H2,1-2H3,(H,27,30)/t21-/m0/s1. The number of amides is 1. The molecule has 31 heavy (non-hydrogen) atoms. The normalized spacial score (nSPS) is 19.2. The number of piperidine rings is 1. The van der Waals surface area contributed by atoms with Gasteiger partial charge in [0.2, 0.25) is 0 Å². The van der Waals surface area contributed by atoms with Crippen molar-refractivity contribution in [2.45, 2.75) is 39.3 Å². The second kappa shape index (κ2) is 10.3. The zero-order valence-electron chi connectivity index (χ0n) is 18.8. The van der Waals surface area contributed by atoms with Crippen molar-refractivity contribution >= 4 is 11.6 Å². The largest absolute Gasteiger partial charge is 0.379 e. The van der Waals surface area contributed by atoms with Crippen LogP contribution in [0.1, 0.15) is 54.2 Å². The number of hydrogen-bond acceptors (Lipinski definition) is 4. The van der Waals surface area contributed by atoms with E-state index in [4.69, 9.17) is 4.74 Å². The summed E-state index contributed by atoms with van der Waals surface area (Å²) in [6.07, 6.45) is 2.53. The summed E-state index contributed by atoms with van der Waals surface area (Å²) in [7, 11) is 0. The van der Waals surface area contributed by atoms with Gasteiger partial charge < -0.3 is 15.0 Å². The molecule has 2 saturated heterocycles. The van der Waals surface area contributed by atoms with E-state index in [2.05, 4.69) is 52.4 Å². The first-order chi connectivity index (χ1) is 15.1. The Morgan fingerprint density at radius 3 is 2.48 bits per heavy atom. The first-order valence-corrected chi connectivity index (χ1v) is 11.6. The number of ether oxygens (including phenoxy) is 1. The SMILES string of the molecule is CC1CCN(c2ccc([C@H](C)NC(=O)c3cccc(CN4CCOCC4)c3)cc2)CC1. The summed E-state index contributed by atoms with van der Waals surface area (Å²) in [4.78, 5) is 17.7. The van der Waals surface area contributed by atoms with Gasteiger partial charge in [-0.25, -0.2) is 0 Å². The number of benzene rings is 2. The van der Waals surface area contributed by atoms with E-state index >= 15 is 0 Å². The minimum Gasteiger partial charge on any atom is -0.379 e. The molecule has 2 aliphatic heterocycles. The van der Waals surface area contributed by atoms with E-state index in [0.29, 0.717) is 0 Å². The number of carbonyl (C=O) groups is 1. The van der Waals surface area contributed by atoms with Crippen molar-refractivity contribution in [1.29, 1.82) is 0 Å². The molecular weight excluding hydrogens is 386 g/mol. The van der Waals surface area contributed by atoms with Gasteiger partial charge in [-0.1, -0.05) is 31.2 Å². The predicted molar refractivity (Wildman–Crippen MR) is 125 cm³/mol. The molecule has 2 aliphatic rings. The molecule has 0 spiro atoms. The van der Waals surface area contributed by atoms with E-state index in [1.807, 2.05) is 25.1 Å². The lowest BCUT2D eigenvalue weighted by molar-refractivity contribution is 0.0342. The minimum absolute atomic E-state index is 0.0228. The number of carbonyl (C=O) groups excluding carboxylic acids is 1. The Morgan fingerprint density at radius 1 is 1.06 bits per heavy atom. The van der Waals surface area contributed by atoms with Gasteiger partial charge in [-0.15, -0.1) is 0 Å². The van der Waals surface area contributed by atoms with Gasteiger partial charge in [0.05, 0.1) is 19.3 Å². The van der Waals surface area contributed by atoms with Crippen molar-refractivity contribution in [3.63, 3.8) is 0 Å². The average molecular weight is 422 g/mol. The smallest absolute Gasteiger partial charge is 0.251 e. The maximum absolute atomic E-state index is 12.9. The minimum atomic E-state index is -0.0363. The Hall–Kier alpha value is -2.37. The van der Waals surface area contributed by atoms with Crippen LogP contribution in [0.15, 0.2) is 48.5 Å². The van der Waals surface area contributed by atoms with Gasteiger partial charge in [0, 0.05) is 44.0 Å². The summed E-state index contributed by atoms with van der Waals surface area (Å²) in [6, 6.07) is 16.6. The van der Waals surface area contributed by atoms with Gasteiger partial charge in [-0.3, -0.25) is 9.69 Å². The number of morpholine rings is 1. The quantitative estimate of drug-likeness (QED) is 0.758. The molecule has 5 nitrogen and oxygen atoms in total. The van der Waals surface area contributed by atoms with Gasteiger partial charge in [-0.2, -0.15) is 0 Å². The molecular formula is C26H35N3O2. The fourth-order valence-corrected chi connectivity index (χ4v) is 4.43. The number of nitrogens with one attached hydrogen (secondary N) is 1. The van der Waals surface area contributed by atoms with Crippen molar-refractivity contribution < 1.29 is 9.53 Å². The third-order valence-corrected chi connectivity index (χ3v) is 6.59. The molecule has 166 valence electrons. The van der Waals surface area contributed by atoms with E-state index in [1.54, 1.807) is 0 Å². The van der Waals surface area contributed by atoms with Crippen LogP contribution in [0, 0.1) is 5.92 Å². The fraction of sp³-hybridized carbons (Fsp3) is 0.500. The third kappa shape index (κ3) is 5.86. The van der Waals surface area contributed by atoms with Crippen LogP contribution in [0.5, 0.6) is 0 Å². The summed E-state index contributed by atoms with van der Waals surface area (Å²) >= 11 is 0. The molecule has 1 amide bonds. The number of hydrogen-bond donors (Lipinski definition) is 1. The van der Waals surface area contributed by atoms with Crippen LogP contribution in [0.4, 0.5) is 5.69 Å². The summed E-state index contributed by atoms with van der Waals surface area (Å²) in [6.45, 7) is 11.0. The molecule has 1 atom stereocenters. The highest BCUT2D eigenvalue weighted by Gasteiger charge is 2.17. The first-order valence-electron chi connectivity index (χ1n) is 11.6. The average Bonchev–Trinajstić information content (AvgIpc) is 2.80. The Bertz CT molecular complexity index is 853. The lowest BCUT2D eigenvalue weighted by Gasteiger charge is -2.32. The summed E-state index contributed by atoms with van der Waals surface area (Å²) in [5, 5.41) is 3.16. The molecule has 5 heteroatoms. The molecule has 0 bridgehead atoms. The number of rotatable bonds is 6. The van der Waals surface area contributed by atoms with Gasteiger partial charge >= 0.3 is 0 Å². The highest BCUT2D eigenvalue weighted by Crippen LogP contribution is 2.24. The Kier molecular flexibility index (Phi) is 7.25. The molecule has 1 N–H and O–H groups in total. The van der Waals surface area contributed by atoms with Crippen LogP contribution in [0.2, 0.25) is 0 Å². The van der Waals surface area contributed by atoms with Crippen molar-refractivity contribution in [3.8, 4) is 0 Å². The van der Waals surface area contributed by atoms with Crippen LogP contribution in [0.25, 0.3) is 0 Å². The Morgan fingerprint density at radius 2 is 1.77 bits per heavy atom. The lowest BCUT2D eigenvalue weighted by Crippen LogP contribution is -2.35. The zero-order valence-corrected chi connectivity index (χ0v) is 18.8. The maximum atomic E-state index is 12.9. The van der Waals surface area contributed by atoms with E-state index < -0.39 is 0 Å². The highest BCUT2D eigenvalue weighted by molar-refractivity contribution is 5.94. The van der Waals surface area contributed by atoms with Crippen LogP contribution >= 0.6 is 0 Å². The van der Waals surface area contributed by atoms with Crippen molar-refractivity contribution in [3.05, 3.63) is 65.2 Å². The molecule has 0 aromatic heterocycles. The Balaban J connectivity index is 1.34.